The molecule has 0 aromatic heterocycles. The van der Waals surface area contributed by atoms with Crippen LogP contribution in [0.1, 0.15) is 11.1 Å². The molecule has 4 nitrogen and oxygen atoms in total. The topological polar surface area (TPSA) is 62.1 Å². The van der Waals surface area contributed by atoms with Crippen LogP contribution >= 0.6 is 0 Å². The Morgan fingerprint density at radius 3 is 2.70 bits per heavy atom. The Morgan fingerprint density at radius 1 is 1.25 bits per heavy atom. The molecular formula is C15H11FN2O2. The number of amides is 1. The fraction of sp³-hybridized carbons (Fsp3) is 0.0667. The van der Waals surface area contributed by atoms with Gasteiger partial charge in [0.2, 0.25) is 0 Å². The van der Waals surface area contributed by atoms with Crippen molar-refractivity contribution in [3.63, 3.8) is 0 Å². The van der Waals surface area contributed by atoms with E-state index in [2.05, 4.69) is 5.32 Å². The summed E-state index contributed by atoms with van der Waals surface area (Å²) in [5.41, 5.74) is 1.00. The molecule has 0 saturated carbocycles. The van der Waals surface area contributed by atoms with Crippen molar-refractivity contribution in [1.82, 2.24) is 0 Å². The first-order valence-corrected chi connectivity index (χ1v) is 5.86. The molecule has 20 heavy (non-hydrogen) atoms. The Balaban J connectivity index is 1.97. The van der Waals surface area contributed by atoms with Gasteiger partial charge in [-0.15, -0.1) is 0 Å². The lowest BCUT2D eigenvalue weighted by atomic mass is 10.2. The molecule has 100 valence electrons. The van der Waals surface area contributed by atoms with Gasteiger partial charge in [0, 0.05) is 0 Å². The molecule has 1 amide bonds. The summed E-state index contributed by atoms with van der Waals surface area (Å²) in [4.78, 5) is 11.6. The standard InChI is InChI=1S/C15H11FN2O2/c16-13-7-6-12(9-17)8-14(13)18-15(19)20-10-11-4-2-1-3-5-11/h1-8H,10H2,(H,18,19). The van der Waals surface area contributed by atoms with E-state index in [1.807, 2.05) is 36.4 Å². The van der Waals surface area contributed by atoms with E-state index in [-0.39, 0.29) is 17.9 Å². The van der Waals surface area contributed by atoms with Crippen molar-refractivity contribution < 1.29 is 13.9 Å². The number of halogens is 1. The van der Waals surface area contributed by atoms with E-state index >= 15 is 0 Å². The van der Waals surface area contributed by atoms with Crippen LogP contribution in [0.15, 0.2) is 48.5 Å². The molecule has 2 aromatic rings. The molecule has 2 rings (SSSR count). The summed E-state index contributed by atoms with van der Waals surface area (Å²) in [5.74, 6) is -0.624. The highest BCUT2D eigenvalue weighted by atomic mass is 19.1. The zero-order chi connectivity index (χ0) is 14.4. The quantitative estimate of drug-likeness (QED) is 0.929. The maximum atomic E-state index is 13.4. The number of rotatable bonds is 3. The van der Waals surface area contributed by atoms with E-state index in [0.717, 1.165) is 11.6 Å². The smallest absolute Gasteiger partial charge is 0.412 e. The number of ether oxygens (including phenoxy) is 1. The summed E-state index contributed by atoms with van der Waals surface area (Å²) in [6.07, 6.45) is -0.775. The zero-order valence-electron chi connectivity index (χ0n) is 10.5. The Labute approximate surface area is 115 Å². The molecule has 0 aliphatic carbocycles. The monoisotopic (exact) mass is 270 g/mol. The second kappa shape index (κ2) is 6.34. The molecule has 1 N–H and O–H groups in total. The molecule has 0 unspecified atom stereocenters. The predicted octanol–water partition coefficient (Wildman–Crippen LogP) is 3.45. The van der Waals surface area contributed by atoms with Crippen molar-refractivity contribution >= 4 is 11.8 Å². The molecule has 0 saturated heterocycles. The number of anilines is 1. The fourth-order valence-corrected chi connectivity index (χ4v) is 1.56. The molecular weight excluding hydrogens is 259 g/mol. The largest absolute Gasteiger partial charge is 0.444 e. The van der Waals surface area contributed by atoms with Crippen LogP contribution in [-0.2, 0) is 11.3 Å². The second-order valence-corrected chi connectivity index (χ2v) is 3.99. The van der Waals surface area contributed by atoms with Crippen LogP contribution in [-0.4, -0.2) is 6.09 Å². The molecule has 0 aliphatic rings. The number of hydrogen-bond donors (Lipinski definition) is 1. The fourth-order valence-electron chi connectivity index (χ4n) is 1.56. The average molecular weight is 270 g/mol. The Morgan fingerprint density at radius 2 is 2.00 bits per heavy atom. The first-order valence-electron chi connectivity index (χ1n) is 5.86. The van der Waals surface area contributed by atoms with Gasteiger partial charge in [-0.1, -0.05) is 30.3 Å². The number of nitrogens with zero attached hydrogens (tertiary/aromatic N) is 1. The van der Waals surface area contributed by atoms with E-state index in [0.29, 0.717) is 0 Å². The van der Waals surface area contributed by atoms with E-state index in [4.69, 9.17) is 10.00 Å². The molecule has 0 bridgehead atoms. The van der Waals surface area contributed by atoms with Crippen molar-refractivity contribution in [3.8, 4) is 6.07 Å². The second-order valence-electron chi connectivity index (χ2n) is 3.99. The van der Waals surface area contributed by atoms with E-state index in [1.54, 1.807) is 0 Å². The molecule has 2 aromatic carbocycles. The Hall–Kier alpha value is -2.87. The van der Waals surface area contributed by atoms with Crippen LogP contribution in [0.5, 0.6) is 0 Å². The first-order chi connectivity index (χ1) is 9.69. The summed E-state index contributed by atoms with van der Waals surface area (Å²) in [5, 5.41) is 11.0. The first kappa shape index (κ1) is 13.6. The van der Waals surface area contributed by atoms with Gasteiger partial charge in [0.15, 0.2) is 0 Å². The van der Waals surface area contributed by atoms with Crippen LogP contribution in [0, 0.1) is 17.1 Å². The van der Waals surface area contributed by atoms with E-state index in [1.165, 1.54) is 12.1 Å². The number of hydrogen-bond acceptors (Lipinski definition) is 3. The van der Waals surface area contributed by atoms with Gasteiger partial charge in [0.25, 0.3) is 0 Å². The molecule has 0 spiro atoms. The summed E-state index contributed by atoms with van der Waals surface area (Å²) in [7, 11) is 0. The van der Waals surface area contributed by atoms with Crippen LogP contribution in [0.4, 0.5) is 14.9 Å². The number of carbonyl (C=O) groups is 1. The molecule has 5 heteroatoms. The van der Waals surface area contributed by atoms with Crippen LogP contribution in [0.25, 0.3) is 0 Å². The van der Waals surface area contributed by atoms with Crippen LogP contribution in [0.2, 0.25) is 0 Å². The summed E-state index contributed by atoms with van der Waals surface area (Å²) in [6.45, 7) is 0.0895. The Bertz CT molecular complexity index is 651. The third-order valence-electron chi connectivity index (χ3n) is 2.54. The maximum absolute atomic E-state index is 13.4. The van der Waals surface area contributed by atoms with Gasteiger partial charge in [-0.2, -0.15) is 5.26 Å². The summed E-state index contributed by atoms with van der Waals surface area (Å²) < 4.78 is 18.4. The summed E-state index contributed by atoms with van der Waals surface area (Å²) in [6, 6.07) is 14.7. The summed E-state index contributed by atoms with van der Waals surface area (Å²) >= 11 is 0. The highest BCUT2D eigenvalue weighted by molar-refractivity contribution is 5.85. The Kier molecular flexibility index (Phi) is 4.30. The van der Waals surface area contributed by atoms with Gasteiger partial charge < -0.3 is 4.74 Å². The van der Waals surface area contributed by atoms with E-state index < -0.39 is 11.9 Å². The number of nitriles is 1. The molecule has 0 heterocycles. The molecule has 0 radical (unpaired) electrons. The van der Waals surface area contributed by atoms with Crippen molar-refractivity contribution in [2.75, 3.05) is 5.32 Å². The van der Waals surface area contributed by atoms with Crippen molar-refractivity contribution in [3.05, 3.63) is 65.5 Å². The minimum absolute atomic E-state index is 0.0814. The SMILES string of the molecule is N#Cc1ccc(F)c(NC(=O)OCc2ccccc2)c1. The van der Waals surface area contributed by atoms with Gasteiger partial charge in [0.05, 0.1) is 17.3 Å². The van der Waals surface area contributed by atoms with Crippen molar-refractivity contribution in [1.29, 1.82) is 5.26 Å². The van der Waals surface area contributed by atoms with Crippen LogP contribution < -0.4 is 5.32 Å². The van der Waals surface area contributed by atoms with Crippen molar-refractivity contribution in [2.24, 2.45) is 0 Å². The highest BCUT2D eigenvalue weighted by Crippen LogP contribution is 2.16. The van der Waals surface area contributed by atoms with Gasteiger partial charge in [-0.25, -0.2) is 9.18 Å². The lowest BCUT2D eigenvalue weighted by Crippen LogP contribution is -2.14. The van der Waals surface area contributed by atoms with Gasteiger partial charge in [-0.05, 0) is 23.8 Å². The highest BCUT2D eigenvalue weighted by Gasteiger charge is 2.09. The zero-order valence-corrected chi connectivity index (χ0v) is 10.5. The van der Waals surface area contributed by atoms with Gasteiger partial charge >= 0.3 is 6.09 Å². The number of nitrogens with one attached hydrogen (secondary N) is 1. The lowest BCUT2D eigenvalue weighted by Gasteiger charge is -2.08. The maximum Gasteiger partial charge on any atom is 0.412 e. The predicted molar refractivity (Wildman–Crippen MR) is 71.4 cm³/mol. The normalized spacial score (nSPS) is 9.60. The molecule has 0 aliphatic heterocycles. The molecule has 0 fully saturated rings. The minimum Gasteiger partial charge on any atom is -0.444 e. The third kappa shape index (κ3) is 3.56. The molecule has 0 atom stereocenters. The van der Waals surface area contributed by atoms with E-state index in [9.17, 15) is 9.18 Å². The average Bonchev–Trinajstić information content (AvgIpc) is 2.48. The minimum atomic E-state index is -0.775. The lowest BCUT2D eigenvalue weighted by molar-refractivity contribution is 0.155. The van der Waals surface area contributed by atoms with Gasteiger partial charge in [-0.3, -0.25) is 5.32 Å². The number of carbonyl (C=O) groups excluding carboxylic acids is 1. The number of benzene rings is 2. The third-order valence-corrected chi connectivity index (χ3v) is 2.54. The van der Waals surface area contributed by atoms with Crippen LogP contribution in [0.3, 0.4) is 0 Å². The van der Waals surface area contributed by atoms with Crippen molar-refractivity contribution in [2.45, 2.75) is 6.61 Å². The van der Waals surface area contributed by atoms with Gasteiger partial charge in [0.1, 0.15) is 12.4 Å².